The molecule has 0 bridgehead atoms. The van der Waals surface area contributed by atoms with Gasteiger partial charge in [0.1, 0.15) is 0 Å². The molecule has 4 N–H and O–H groups in total. The predicted octanol–water partition coefficient (Wildman–Crippen LogP) is 1.35. The van der Waals surface area contributed by atoms with E-state index in [9.17, 15) is 9.59 Å². The summed E-state index contributed by atoms with van der Waals surface area (Å²) in [5.41, 5.74) is -0.0354. The highest BCUT2D eigenvalue weighted by atomic mass is 16.4. The summed E-state index contributed by atoms with van der Waals surface area (Å²) in [7, 11) is 0. The SMILES string of the molecule is CC(C)(C)CC(CCCC(=O)O)C(=O)O.OCCO. The van der Waals surface area contributed by atoms with Gasteiger partial charge in [-0.2, -0.15) is 0 Å². The van der Waals surface area contributed by atoms with Crippen LogP contribution in [0.15, 0.2) is 0 Å². The highest BCUT2D eigenvalue weighted by Crippen LogP contribution is 2.27. The lowest BCUT2D eigenvalue weighted by Crippen LogP contribution is -2.21. The third-order valence-electron chi connectivity index (χ3n) is 2.25. The molecule has 19 heavy (non-hydrogen) atoms. The Labute approximate surface area is 114 Å². The largest absolute Gasteiger partial charge is 0.481 e. The van der Waals surface area contributed by atoms with Crippen molar-refractivity contribution < 1.29 is 30.0 Å². The molecule has 0 fully saturated rings. The standard InChI is InChI=1S/C11H20O4.C2H6O2/c1-11(2,3)7-8(10(14)15)5-4-6-9(12)13;3-1-2-4/h8H,4-7H2,1-3H3,(H,12,13)(H,14,15);3-4H,1-2H2. The maximum atomic E-state index is 10.9. The molecule has 0 aromatic rings. The van der Waals surface area contributed by atoms with Gasteiger partial charge in [0.2, 0.25) is 0 Å². The topological polar surface area (TPSA) is 115 Å². The normalized spacial score (nSPS) is 12.3. The molecule has 6 nitrogen and oxygen atoms in total. The fourth-order valence-electron chi connectivity index (χ4n) is 1.55. The van der Waals surface area contributed by atoms with Gasteiger partial charge < -0.3 is 20.4 Å². The van der Waals surface area contributed by atoms with E-state index >= 15 is 0 Å². The van der Waals surface area contributed by atoms with Gasteiger partial charge in [0.15, 0.2) is 0 Å². The van der Waals surface area contributed by atoms with Crippen molar-refractivity contribution in [1.29, 1.82) is 0 Å². The van der Waals surface area contributed by atoms with Crippen molar-refractivity contribution in [3.63, 3.8) is 0 Å². The molecule has 0 aliphatic rings. The number of aliphatic hydroxyl groups is 2. The Morgan fingerprint density at radius 3 is 1.79 bits per heavy atom. The van der Waals surface area contributed by atoms with Crippen molar-refractivity contribution in [3.05, 3.63) is 0 Å². The molecule has 1 atom stereocenters. The van der Waals surface area contributed by atoms with Crippen LogP contribution in [0.5, 0.6) is 0 Å². The summed E-state index contributed by atoms with van der Waals surface area (Å²) < 4.78 is 0. The number of rotatable bonds is 7. The monoisotopic (exact) mass is 278 g/mol. The highest BCUT2D eigenvalue weighted by molar-refractivity contribution is 5.70. The van der Waals surface area contributed by atoms with Crippen LogP contribution < -0.4 is 0 Å². The van der Waals surface area contributed by atoms with Gasteiger partial charge in [0.25, 0.3) is 0 Å². The summed E-state index contributed by atoms with van der Waals surface area (Å²) >= 11 is 0. The van der Waals surface area contributed by atoms with Gasteiger partial charge in [0.05, 0.1) is 19.1 Å². The number of hydrogen-bond donors (Lipinski definition) is 4. The first-order valence-corrected chi connectivity index (χ1v) is 6.30. The maximum Gasteiger partial charge on any atom is 0.306 e. The van der Waals surface area contributed by atoms with Crippen molar-refractivity contribution >= 4 is 11.9 Å². The fraction of sp³-hybridized carbons (Fsp3) is 0.846. The second kappa shape index (κ2) is 10.8. The van der Waals surface area contributed by atoms with Crippen LogP contribution in [0.1, 0.15) is 46.5 Å². The zero-order valence-electron chi connectivity index (χ0n) is 11.9. The van der Waals surface area contributed by atoms with Crippen LogP contribution in [0.25, 0.3) is 0 Å². The van der Waals surface area contributed by atoms with E-state index < -0.39 is 17.9 Å². The molecule has 1 unspecified atom stereocenters. The van der Waals surface area contributed by atoms with Gasteiger partial charge in [-0.3, -0.25) is 9.59 Å². The molecule has 0 heterocycles. The molecule has 0 rings (SSSR count). The summed E-state index contributed by atoms with van der Waals surface area (Å²) in [5, 5.41) is 32.7. The first-order valence-electron chi connectivity index (χ1n) is 6.30. The van der Waals surface area contributed by atoms with E-state index in [0.29, 0.717) is 19.3 Å². The molecule has 0 spiro atoms. The number of aliphatic hydroxyl groups excluding tert-OH is 2. The van der Waals surface area contributed by atoms with E-state index in [0.717, 1.165) is 0 Å². The van der Waals surface area contributed by atoms with Crippen molar-refractivity contribution in [3.8, 4) is 0 Å². The molecule has 0 aliphatic heterocycles. The Bertz CT molecular complexity index is 254. The van der Waals surface area contributed by atoms with E-state index in [1.165, 1.54) is 0 Å². The Morgan fingerprint density at radius 2 is 1.53 bits per heavy atom. The average molecular weight is 278 g/mol. The van der Waals surface area contributed by atoms with Crippen LogP contribution in [-0.2, 0) is 9.59 Å². The minimum atomic E-state index is -0.866. The molecule has 0 saturated carbocycles. The lowest BCUT2D eigenvalue weighted by molar-refractivity contribution is -0.144. The number of hydrogen-bond acceptors (Lipinski definition) is 4. The van der Waals surface area contributed by atoms with Gasteiger partial charge in [-0.15, -0.1) is 0 Å². The predicted molar refractivity (Wildman–Crippen MR) is 70.9 cm³/mol. The molecule has 114 valence electrons. The second-order valence-corrected chi connectivity index (χ2v) is 5.53. The van der Waals surface area contributed by atoms with Crippen molar-refractivity contribution in [2.24, 2.45) is 11.3 Å². The minimum Gasteiger partial charge on any atom is -0.481 e. The smallest absolute Gasteiger partial charge is 0.306 e. The van der Waals surface area contributed by atoms with E-state index in [-0.39, 0.29) is 25.0 Å². The molecule has 0 aromatic heterocycles. The van der Waals surface area contributed by atoms with Crippen LogP contribution in [0, 0.1) is 11.3 Å². The second-order valence-electron chi connectivity index (χ2n) is 5.53. The summed E-state index contributed by atoms with van der Waals surface area (Å²) in [6.45, 7) is 5.71. The first kappa shape index (κ1) is 20.2. The van der Waals surface area contributed by atoms with Crippen molar-refractivity contribution in [2.75, 3.05) is 13.2 Å². The molecular formula is C13H26O6. The number of carbonyl (C=O) groups is 2. The van der Waals surface area contributed by atoms with E-state index in [4.69, 9.17) is 20.4 Å². The molecule has 6 heteroatoms. The summed E-state index contributed by atoms with van der Waals surface area (Å²) in [4.78, 5) is 21.2. The van der Waals surface area contributed by atoms with Crippen molar-refractivity contribution in [1.82, 2.24) is 0 Å². The Hall–Kier alpha value is -1.14. The third-order valence-corrected chi connectivity index (χ3v) is 2.25. The number of carboxylic acids is 2. The van der Waals surface area contributed by atoms with Gasteiger partial charge >= 0.3 is 11.9 Å². The quantitative estimate of drug-likeness (QED) is 0.559. The zero-order chi connectivity index (χ0) is 15.5. The summed E-state index contributed by atoms with van der Waals surface area (Å²) in [5.74, 6) is -2.12. The third kappa shape index (κ3) is 16.9. The van der Waals surface area contributed by atoms with Gasteiger partial charge in [-0.05, 0) is 24.7 Å². The van der Waals surface area contributed by atoms with Gasteiger partial charge in [-0.25, -0.2) is 0 Å². The summed E-state index contributed by atoms with van der Waals surface area (Å²) in [6, 6.07) is 0. The zero-order valence-corrected chi connectivity index (χ0v) is 11.9. The van der Waals surface area contributed by atoms with Gasteiger partial charge in [-0.1, -0.05) is 20.8 Å². The molecule has 0 aromatic carbocycles. The van der Waals surface area contributed by atoms with Crippen LogP contribution in [-0.4, -0.2) is 45.6 Å². The minimum absolute atomic E-state index is 0.0354. The van der Waals surface area contributed by atoms with E-state index in [1.54, 1.807) is 0 Å². The molecular weight excluding hydrogens is 252 g/mol. The van der Waals surface area contributed by atoms with E-state index in [2.05, 4.69) is 0 Å². The van der Waals surface area contributed by atoms with Crippen LogP contribution >= 0.6 is 0 Å². The van der Waals surface area contributed by atoms with Gasteiger partial charge in [0, 0.05) is 6.42 Å². The number of carboxylic acid groups (broad SMARTS) is 2. The Morgan fingerprint density at radius 1 is 1.05 bits per heavy atom. The number of aliphatic carboxylic acids is 2. The Balaban J connectivity index is 0. The molecule has 0 aliphatic carbocycles. The van der Waals surface area contributed by atoms with Crippen LogP contribution in [0.2, 0.25) is 0 Å². The fourth-order valence-corrected chi connectivity index (χ4v) is 1.55. The lowest BCUT2D eigenvalue weighted by Gasteiger charge is -2.22. The van der Waals surface area contributed by atoms with Crippen LogP contribution in [0.3, 0.4) is 0 Å². The van der Waals surface area contributed by atoms with Crippen molar-refractivity contribution in [2.45, 2.75) is 46.5 Å². The lowest BCUT2D eigenvalue weighted by atomic mass is 9.82. The molecule has 0 amide bonds. The van der Waals surface area contributed by atoms with Crippen LogP contribution in [0.4, 0.5) is 0 Å². The summed E-state index contributed by atoms with van der Waals surface area (Å²) in [6.07, 6.45) is 1.51. The Kier molecular flexibility index (Phi) is 11.4. The van der Waals surface area contributed by atoms with E-state index in [1.807, 2.05) is 20.8 Å². The molecule has 0 saturated heterocycles. The maximum absolute atomic E-state index is 10.9. The molecule has 0 radical (unpaired) electrons. The first-order chi connectivity index (χ1) is 8.64. The highest BCUT2D eigenvalue weighted by Gasteiger charge is 2.24. The average Bonchev–Trinajstić information content (AvgIpc) is 2.26.